The van der Waals surface area contributed by atoms with E-state index in [0.717, 1.165) is 0 Å². The fourth-order valence-corrected chi connectivity index (χ4v) is 1.21. The van der Waals surface area contributed by atoms with Crippen molar-refractivity contribution in [1.82, 2.24) is 5.32 Å². The predicted molar refractivity (Wildman–Crippen MR) is 67.6 cm³/mol. The first kappa shape index (κ1) is 18.8. The van der Waals surface area contributed by atoms with Crippen LogP contribution in [0.3, 0.4) is 0 Å². The maximum absolute atomic E-state index is 11.5. The molecule has 0 amide bonds. The molecule has 0 saturated carbocycles. The molecular weight excluding hydrogens is 269 g/mol. The van der Waals surface area contributed by atoms with E-state index in [-0.39, 0.29) is 25.4 Å². The summed E-state index contributed by atoms with van der Waals surface area (Å²) in [5.41, 5.74) is 0. The molecule has 7 heteroatoms. The number of esters is 2. The van der Waals surface area contributed by atoms with Crippen molar-refractivity contribution in [2.24, 2.45) is 0 Å². The van der Waals surface area contributed by atoms with E-state index in [9.17, 15) is 9.59 Å². The molecule has 0 spiro atoms. The zero-order valence-electron chi connectivity index (χ0n) is 10.0. The number of ether oxygens (including phenoxy) is 2. The van der Waals surface area contributed by atoms with Crippen LogP contribution < -0.4 is 5.32 Å². The molecule has 0 aromatic carbocycles. The molecule has 0 fully saturated rings. The molecule has 0 aromatic rings. The van der Waals surface area contributed by atoms with Crippen molar-refractivity contribution in [1.29, 1.82) is 0 Å². The van der Waals surface area contributed by atoms with Gasteiger partial charge in [-0.3, -0.25) is 9.59 Å². The molecule has 0 saturated heterocycles. The van der Waals surface area contributed by atoms with Gasteiger partial charge >= 0.3 is 11.9 Å². The Morgan fingerprint density at radius 1 is 1.24 bits per heavy atom. The summed E-state index contributed by atoms with van der Waals surface area (Å²) in [4.78, 5) is 22.7. The molecule has 0 aliphatic heterocycles. The van der Waals surface area contributed by atoms with Gasteiger partial charge in [0.15, 0.2) is 0 Å². The number of nitrogens with one attached hydrogen (secondary N) is 1. The number of rotatable bonds is 8. The Kier molecular flexibility index (Phi) is 13.2. The highest BCUT2D eigenvalue weighted by Crippen LogP contribution is 1.99. The smallest absolute Gasteiger partial charge is 0.323 e. The summed E-state index contributed by atoms with van der Waals surface area (Å²) in [5.74, 6) is -0.526. The quantitative estimate of drug-likeness (QED) is 0.535. The van der Waals surface area contributed by atoms with Crippen LogP contribution in [0.5, 0.6) is 0 Å². The maximum Gasteiger partial charge on any atom is 0.323 e. The molecule has 0 aliphatic carbocycles. The van der Waals surface area contributed by atoms with Crippen LogP contribution >= 0.6 is 24.0 Å². The number of hydrogen-bond acceptors (Lipinski definition) is 5. The van der Waals surface area contributed by atoms with Crippen molar-refractivity contribution in [2.75, 3.05) is 25.6 Å². The SMILES string of the molecule is CCOC(=O)CC(NCCCl)C(=O)OCC.Cl. The predicted octanol–water partition coefficient (Wildman–Crippen LogP) is 1.12. The number of carbonyl (C=O) groups excluding carboxylic acids is 2. The molecule has 5 nitrogen and oxygen atoms in total. The van der Waals surface area contributed by atoms with Crippen LogP contribution in [0.1, 0.15) is 20.3 Å². The highest BCUT2D eigenvalue weighted by Gasteiger charge is 2.22. The molecule has 0 heterocycles. The first-order chi connectivity index (χ1) is 7.65. The van der Waals surface area contributed by atoms with Crippen LogP contribution in [0.25, 0.3) is 0 Å². The number of halogens is 2. The largest absolute Gasteiger partial charge is 0.466 e. The molecule has 0 radical (unpaired) electrons. The maximum atomic E-state index is 11.5. The van der Waals surface area contributed by atoms with Crippen molar-refractivity contribution >= 4 is 35.9 Å². The lowest BCUT2D eigenvalue weighted by Crippen LogP contribution is -2.41. The van der Waals surface area contributed by atoms with Crippen molar-refractivity contribution in [3.63, 3.8) is 0 Å². The first-order valence-corrected chi connectivity index (χ1v) is 5.80. The summed E-state index contributed by atoms with van der Waals surface area (Å²) in [6.07, 6.45) is -0.0381. The third kappa shape index (κ3) is 9.21. The van der Waals surface area contributed by atoms with E-state index < -0.39 is 18.0 Å². The van der Waals surface area contributed by atoms with Gasteiger partial charge in [0.1, 0.15) is 6.04 Å². The summed E-state index contributed by atoms with van der Waals surface area (Å²) >= 11 is 5.49. The average molecular weight is 288 g/mol. The molecule has 0 rings (SSSR count). The van der Waals surface area contributed by atoms with Gasteiger partial charge < -0.3 is 14.8 Å². The second-order valence-corrected chi connectivity index (χ2v) is 3.33. The monoisotopic (exact) mass is 287 g/mol. The van der Waals surface area contributed by atoms with Gasteiger partial charge in [-0.15, -0.1) is 24.0 Å². The highest BCUT2D eigenvalue weighted by molar-refractivity contribution is 6.18. The standard InChI is InChI=1S/C10H18ClNO4.ClH/c1-3-15-9(13)7-8(12-6-5-11)10(14)16-4-2;/h8,12H,3-7H2,1-2H3;1H. The Balaban J connectivity index is 0. The van der Waals surface area contributed by atoms with E-state index in [2.05, 4.69) is 5.32 Å². The lowest BCUT2D eigenvalue weighted by molar-refractivity contribution is -0.152. The van der Waals surface area contributed by atoms with Crippen molar-refractivity contribution in [2.45, 2.75) is 26.3 Å². The van der Waals surface area contributed by atoms with Gasteiger partial charge in [0.25, 0.3) is 0 Å². The third-order valence-corrected chi connectivity index (χ3v) is 1.92. The van der Waals surface area contributed by atoms with Gasteiger partial charge in [0.05, 0.1) is 19.6 Å². The van der Waals surface area contributed by atoms with Crippen LogP contribution in [0.15, 0.2) is 0 Å². The summed E-state index contributed by atoms with van der Waals surface area (Å²) in [6, 6.07) is -0.683. The second-order valence-electron chi connectivity index (χ2n) is 2.96. The number of hydrogen-bond donors (Lipinski definition) is 1. The van der Waals surface area contributed by atoms with E-state index in [1.807, 2.05) is 0 Å². The normalized spacial score (nSPS) is 11.2. The van der Waals surface area contributed by atoms with E-state index in [1.54, 1.807) is 13.8 Å². The first-order valence-electron chi connectivity index (χ1n) is 5.27. The summed E-state index contributed by atoms with van der Waals surface area (Å²) in [6.45, 7) is 4.43. The lowest BCUT2D eigenvalue weighted by Gasteiger charge is -2.15. The molecule has 0 aromatic heterocycles. The van der Waals surface area contributed by atoms with Crippen molar-refractivity contribution in [3.8, 4) is 0 Å². The lowest BCUT2D eigenvalue weighted by atomic mass is 10.2. The third-order valence-electron chi connectivity index (χ3n) is 1.73. The van der Waals surface area contributed by atoms with E-state index in [4.69, 9.17) is 21.1 Å². The van der Waals surface area contributed by atoms with Crippen molar-refractivity contribution in [3.05, 3.63) is 0 Å². The molecule has 102 valence electrons. The van der Waals surface area contributed by atoms with Crippen LogP contribution in [0, 0.1) is 0 Å². The Morgan fingerprint density at radius 3 is 2.29 bits per heavy atom. The van der Waals surface area contributed by atoms with Gasteiger partial charge in [-0.25, -0.2) is 0 Å². The van der Waals surface area contributed by atoms with Gasteiger partial charge in [0.2, 0.25) is 0 Å². The number of carbonyl (C=O) groups is 2. The van der Waals surface area contributed by atoms with Gasteiger partial charge in [-0.2, -0.15) is 0 Å². The van der Waals surface area contributed by atoms with E-state index >= 15 is 0 Å². The summed E-state index contributed by atoms with van der Waals surface area (Å²) in [5, 5.41) is 2.84. The van der Waals surface area contributed by atoms with Gasteiger partial charge in [-0.05, 0) is 13.8 Å². The topological polar surface area (TPSA) is 64.6 Å². The Morgan fingerprint density at radius 2 is 1.82 bits per heavy atom. The molecular formula is C10H19Cl2NO4. The van der Waals surface area contributed by atoms with E-state index in [0.29, 0.717) is 19.0 Å². The van der Waals surface area contributed by atoms with E-state index in [1.165, 1.54) is 0 Å². The molecule has 1 atom stereocenters. The second kappa shape index (κ2) is 12.0. The van der Waals surface area contributed by atoms with Crippen LogP contribution in [-0.4, -0.2) is 43.6 Å². The van der Waals surface area contributed by atoms with Crippen molar-refractivity contribution < 1.29 is 19.1 Å². The Labute approximate surface area is 113 Å². The fraction of sp³-hybridized carbons (Fsp3) is 0.800. The molecule has 1 unspecified atom stereocenters. The minimum absolute atomic E-state index is 0. The molecule has 17 heavy (non-hydrogen) atoms. The highest BCUT2D eigenvalue weighted by atomic mass is 35.5. The van der Waals surface area contributed by atoms with Gasteiger partial charge in [-0.1, -0.05) is 0 Å². The summed E-state index contributed by atoms with van der Waals surface area (Å²) < 4.78 is 9.59. The summed E-state index contributed by atoms with van der Waals surface area (Å²) in [7, 11) is 0. The van der Waals surface area contributed by atoms with Crippen LogP contribution in [0.2, 0.25) is 0 Å². The Bertz CT molecular complexity index is 226. The average Bonchev–Trinajstić information content (AvgIpc) is 2.24. The molecule has 1 N–H and O–H groups in total. The fourth-order valence-electron chi connectivity index (χ4n) is 1.10. The van der Waals surface area contributed by atoms with Crippen LogP contribution in [-0.2, 0) is 19.1 Å². The van der Waals surface area contributed by atoms with Gasteiger partial charge in [0, 0.05) is 12.4 Å². The molecule has 0 bridgehead atoms. The number of alkyl halides is 1. The van der Waals surface area contributed by atoms with Crippen LogP contribution in [0.4, 0.5) is 0 Å². The zero-order valence-corrected chi connectivity index (χ0v) is 11.6. The minimum atomic E-state index is -0.683. The zero-order chi connectivity index (χ0) is 12.4. The minimum Gasteiger partial charge on any atom is -0.466 e. The Hall–Kier alpha value is -0.520. The molecule has 0 aliphatic rings.